The number of rotatable bonds is 6. The lowest BCUT2D eigenvalue weighted by Crippen LogP contribution is -2.45. The number of thioether (sulfide) groups is 1. The van der Waals surface area contributed by atoms with E-state index in [1.54, 1.807) is 24.3 Å². The Hall–Kier alpha value is -1.65. The van der Waals surface area contributed by atoms with Gasteiger partial charge in [0.15, 0.2) is 4.34 Å². The van der Waals surface area contributed by atoms with E-state index in [2.05, 4.69) is 15.5 Å². The highest BCUT2D eigenvalue weighted by Crippen LogP contribution is 2.25. The molecule has 0 bridgehead atoms. The van der Waals surface area contributed by atoms with Crippen LogP contribution >= 0.6 is 23.1 Å². The van der Waals surface area contributed by atoms with E-state index in [9.17, 15) is 13.2 Å². The van der Waals surface area contributed by atoms with Crippen LogP contribution in [0.25, 0.3) is 0 Å². The van der Waals surface area contributed by atoms with Crippen LogP contribution in [0.1, 0.15) is 12.5 Å². The monoisotopic (exact) mass is 386 g/mol. The first kappa shape index (κ1) is 18.7. The summed E-state index contributed by atoms with van der Waals surface area (Å²) in [6.45, 7) is 3.44. The topological polar surface area (TPSA) is 92.3 Å². The summed E-state index contributed by atoms with van der Waals surface area (Å²) in [6, 6.07) is 6.03. The standard InChI is InChI=1S/C14H18N4O3S3/c1-9-5-7-11(8-6-9)18(24(4,20)21)10(2)12(19)15-13-16-17-14(22-3)23-13/h5-8,10H,1-4H3,(H,15,16,19)/t10-/m1/s1. The molecule has 0 aliphatic carbocycles. The van der Waals surface area contributed by atoms with Crippen molar-refractivity contribution in [2.75, 3.05) is 22.1 Å². The van der Waals surface area contributed by atoms with E-state index in [1.165, 1.54) is 30.0 Å². The Labute approximate surface area is 149 Å². The first-order chi connectivity index (χ1) is 11.2. The highest BCUT2D eigenvalue weighted by atomic mass is 32.2. The quantitative estimate of drug-likeness (QED) is 0.605. The van der Waals surface area contributed by atoms with Crippen molar-refractivity contribution in [3.8, 4) is 0 Å². The molecule has 1 N–H and O–H groups in total. The van der Waals surface area contributed by atoms with Crippen LogP contribution in [0.3, 0.4) is 0 Å². The fourth-order valence-electron chi connectivity index (χ4n) is 2.05. The highest BCUT2D eigenvalue weighted by molar-refractivity contribution is 8.00. The lowest BCUT2D eigenvalue weighted by atomic mass is 10.2. The van der Waals surface area contributed by atoms with Crippen LogP contribution in [-0.4, -0.2) is 43.1 Å². The van der Waals surface area contributed by atoms with Gasteiger partial charge in [-0.1, -0.05) is 40.8 Å². The Morgan fingerprint density at radius 2 is 1.92 bits per heavy atom. The van der Waals surface area contributed by atoms with Crippen molar-refractivity contribution < 1.29 is 13.2 Å². The molecule has 1 aromatic carbocycles. The molecule has 24 heavy (non-hydrogen) atoms. The number of nitrogens with zero attached hydrogens (tertiary/aromatic N) is 3. The van der Waals surface area contributed by atoms with E-state index < -0.39 is 22.0 Å². The van der Waals surface area contributed by atoms with Crippen LogP contribution in [0, 0.1) is 6.92 Å². The molecule has 0 spiro atoms. The maximum atomic E-state index is 12.5. The summed E-state index contributed by atoms with van der Waals surface area (Å²) >= 11 is 2.66. The smallest absolute Gasteiger partial charge is 0.249 e. The molecule has 10 heteroatoms. The van der Waals surface area contributed by atoms with Gasteiger partial charge >= 0.3 is 0 Å². The zero-order chi connectivity index (χ0) is 17.9. The zero-order valence-corrected chi connectivity index (χ0v) is 16.1. The number of aryl methyl sites for hydroxylation is 1. The van der Waals surface area contributed by atoms with Gasteiger partial charge in [0.25, 0.3) is 0 Å². The van der Waals surface area contributed by atoms with Gasteiger partial charge in [0, 0.05) is 0 Å². The largest absolute Gasteiger partial charge is 0.299 e. The summed E-state index contributed by atoms with van der Waals surface area (Å²) in [5.41, 5.74) is 1.44. The second kappa shape index (κ2) is 7.49. The van der Waals surface area contributed by atoms with Crippen LogP contribution < -0.4 is 9.62 Å². The van der Waals surface area contributed by atoms with E-state index in [1.807, 2.05) is 13.2 Å². The van der Waals surface area contributed by atoms with E-state index in [-0.39, 0.29) is 0 Å². The Bertz CT molecular complexity index is 818. The number of anilines is 2. The second-order valence-electron chi connectivity index (χ2n) is 5.14. The Morgan fingerprint density at radius 3 is 2.42 bits per heavy atom. The lowest BCUT2D eigenvalue weighted by Gasteiger charge is -2.27. The first-order valence-corrected chi connectivity index (χ1v) is 10.9. The van der Waals surface area contributed by atoms with E-state index in [4.69, 9.17) is 0 Å². The maximum absolute atomic E-state index is 12.5. The zero-order valence-electron chi connectivity index (χ0n) is 13.7. The predicted molar refractivity (Wildman–Crippen MR) is 98.3 cm³/mol. The van der Waals surface area contributed by atoms with Crippen LogP contribution in [-0.2, 0) is 14.8 Å². The molecular formula is C14H18N4O3S3. The summed E-state index contributed by atoms with van der Waals surface area (Å²) in [7, 11) is -3.63. The number of carbonyl (C=O) groups is 1. The molecule has 0 saturated carbocycles. The SMILES string of the molecule is CSc1nnc(NC(=O)[C@@H](C)N(c2ccc(C)cc2)S(C)(=O)=O)s1. The minimum absolute atomic E-state index is 0.341. The molecule has 0 aliphatic rings. The van der Waals surface area contributed by atoms with Gasteiger partial charge in [-0.15, -0.1) is 10.2 Å². The van der Waals surface area contributed by atoms with Crippen LogP contribution in [0.5, 0.6) is 0 Å². The maximum Gasteiger partial charge on any atom is 0.249 e. The number of aromatic nitrogens is 2. The van der Waals surface area contributed by atoms with E-state index in [0.29, 0.717) is 10.8 Å². The number of amides is 1. The highest BCUT2D eigenvalue weighted by Gasteiger charge is 2.29. The van der Waals surface area contributed by atoms with Crippen LogP contribution in [0.4, 0.5) is 10.8 Å². The number of sulfonamides is 1. The van der Waals surface area contributed by atoms with Gasteiger partial charge in [0.2, 0.25) is 21.1 Å². The summed E-state index contributed by atoms with van der Waals surface area (Å²) in [5.74, 6) is -0.468. The van der Waals surface area contributed by atoms with Gasteiger partial charge in [-0.3, -0.25) is 14.4 Å². The fourth-order valence-corrected chi connectivity index (χ4v) is 4.40. The predicted octanol–water partition coefficient (Wildman–Crippen LogP) is 2.36. The van der Waals surface area contributed by atoms with Gasteiger partial charge in [-0.25, -0.2) is 8.42 Å². The minimum atomic E-state index is -3.63. The first-order valence-electron chi connectivity index (χ1n) is 6.97. The van der Waals surface area contributed by atoms with Crippen molar-refractivity contribution >= 4 is 49.8 Å². The minimum Gasteiger partial charge on any atom is -0.299 e. The number of nitrogens with one attached hydrogen (secondary N) is 1. The average Bonchev–Trinajstić information content (AvgIpc) is 2.95. The van der Waals surface area contributed by atoms with Crippen molar-refractivity contribution in [2.24, 2.45) is 0 Å². The number of benzene rings is 1. The third kappa shape index (κ3) is 4.46. The van der Waals surface area contributed by atoms with Crippen molar-refractivity contribution in [3.63, 3.8) is 0 Å². The molecule has 130 valence electrons. The number of hydrogen-bond donors (Lipinski definition) is 1. The molecule has 0 unspecified atom stereocenters. The summed E-state index contributed by atoms with van der Waals surface area (Å²) < 4.78 is 26.2. The second-order valence-corrected chi connectivity index (χ2v) is 9.03. The van der Waals surface area contributed by atoms with Crippen molar-refractivity contribution in [3.05, 3.63) is 29.8 Å². The van der Waals surface area contributed by atoms with Gasteiger partial charge < -0.3 is 0 Å². The Balaban J connectivity index is 2.25. The molecule has 7 nitrogen and oxygen atoms in total. The fraction of sp³-hybridized carbons (Fsp3) is 0.357. The molecule has 2 rings (SSSR count). The molecule has 1 aromatic heterocycles. The van der Waals surface area contributed by atoms with Gasteiger partial charge in [0.1, 0.15) is 6.04 Å². The Kier molecular flexibility index (Phi) is 5.83. The van der Waals surface area contributed by atoms with Gasteiger partial charge in [0.05, 0.1) is 11.9 Å². The molecule has 0 aliphatic heterocycles. The Morgan fingerprint density at radius 1 is 1.29 bits per heavy atom. The third-order valence-electron chi connectivity index (χ3n) is 3.19. The molecule has 0 saturated heterocycles. The summed E-state index contributed by atoms with van der Waals surface area (Å²) in [6.07, 6.45) is 2.94. The number of hydrogen-bond acceptors (Lipinski definition) is 7. The molecule has 1 amide bonds. The van der Waals surface area contributed by atoms with E-state index >= 15 is 0 Å². The molecule has 1 atom stereocenters. The summed E-state index contributed by atoms with van der Waals surface area (Å²) in [4.78, 5) is 12.5. The van der Waals surface area contributed by atoms with Crippen LogP contribution in [0.2, 0.25) is 0 Å². The van der Waals surface area contributed by atoms with Gasteiger partial charge in [-0.2, -0.15) is 0 Å². The van der Waals surface area contributed by atoms with Crippen molar-refractivity contribution in [1.82, 2.24) is 10.2 Å². The summed E-state index contributed by atoms with van der Waals surface area (Å²) in [5, 5.41) is 10.7. The van der Waals surface area contributed by atoms with Crippen LogP contribution in [0.15, 0.2) is 28.6 Å². The van der Waals surface area contributed by atoms with E-state index in [0.717, 1.165) is 20.5 Å². The molecule has 1 heterocycles. The molecular weight excluding hydrogens is 368 g/mol. The van der Waals surface area contributed by atoms with Crippen molar-refractivity contribution in [1.29, 1.82) is 0 Å². The van der Waals surface area contributed by atoms with Crippen molar-refractivity contribution in [2.45, 2.75) is 24.2 Å². The number of carbonyl (C=O) groups excluding carboxylic acids is 1. The molecule has 0 fully saturated rings. The lowest BCUT2D eigenvalue weighted by molar-refractivity contribution is -0.116. The average molecular weight is 387 g/mol. The normalized spacial score (nSPS) is 12.7. The third-order valence-corrected chi connectivity index (χ3v) is 6.24. The van der Waals surface area contributed by atoms with Gasteiger partial charge in [-0.05, 0) is 32.2 Å². The molecule has 0 radical (unpaired) electrons. The molecule has 2 aromatic rings.